The Hall–Kier alpha value is -3.22. The zero-order valence-electron chi connectivity index (χ0n) is 20.0. The maximum Gasteiger partial charge on any atom is 0.254 e. The first-order chi connectivity index (χ1) is 15.9. The normalized spacial score (nSPS) is 14.0. The Morgan fingerprint density at radius 3 is 2.12 bits per heavy atom. The predicted octanol–water partition coefficient (Wildman–Crippen LogP) is 3.62. The smallest absolute Gasteiger partial charge is 0.254 e. The summed E-state index contributed by atoms with van der Waals surface area (Å²) in [6.45, 7) is 3.95. The standard InChI is InChI=1S/C26H34N2O5/c1-18-5-7-19(8-6-18)9-12-27-24(29)15-20-10-13-28(14-11-20)26(30)21-16-22(31-2)25(33-4)23(17-21)32-3/h5-8,16-17,20H,9-15H2,1-4H3,(H,27,29). The van der Waals surface area contributed by atoms with E-state index in [1.807, 2.05) is 4.90 Å². The van der Waals surface area contributed by atoms with Crippen molar-refractivity contribution < 1.29 is 23.8 Å². The van der Waals surface area contributed by atoms with Gasteiger partial charge in [-0.2, -0.15) is 0 Å². The molecule has 2 aromatic carbocycles. The van der Waals surface area contributed by atoms with Crippen LogP contribution in [0.3, 0.4) is 0 Å². The van der Waals surface area contributed by atoms with E-state index in [0.29, 0.717) is 48.9 Å². The molecule has 178 valence electrons. The fourth-order valence-electron chi connectivity index (χ4n) is 4.16. The molecule has 0 aromatic heterocycles. The lowest BCUT2D eigenvalue weighted by molar-refractivity contribution is -0.122. The third-order valence-electron chi connectivity index (χ3n) is 6.14. The fourth-order valence-corrected chi connectivity index (χ4v) is 4.16. The number of piperidine rings is 1. The van der Waals surface area contributed by atoms with Gasteiger partial charge in [0.15, 0.2) is 11.5 Å². The highest BCUT2D eigenvalue weighted by Gasteiger charge is 2.26. The number of methoxy groups -OCH3 is 3. The van der Waals surface area contributed by atoms with Gasteiger partial charge >= 0.3 is 0 Å². The second-order valence-electron chi connectivity index (χ2n) is 8.44. The molecule has 1 aliphatic rings. The number of hydrogen-bond donors (Lipinski definition) is 1. The molecule has 1 N–H and O–H groups in total. The lowest BCUT2D eigenvalue weighted by Gasteiger charge is -2.32. The number of nitrogens with one attached hydrogen (secondary N) is 1. The SMILES string of the molecule is COc1cc(C(=O)N2CCC(CC(=O)NCCc3ccc(C)cc3)CC2)cc(OC)c1OC. The molecule has 0 unspecified atom stereocenters. The van der Waals surface area contributed by atoms with E-state index >= 15 is 0 Å². The van der Waals surface area contributed by atoms with Gasteiger partial charge in [0.25, 0.3) is 5.91 Å². The summed E-state index contributed by atoms with van der Waals surface area (Å²) < 4.78 is 16.1. The summed E-state index contributed by atoms with van der Waals surface area (Å²) in [7, 11) is 4.59. The Balaban J connectivity index is 1.47. The molecule has 1 heterocycles. The molecule has 1 aliphatic heterocycles. The van der Waals surface area contributed by atoms with Crippen LogP contribution in [-0.2, 0) is 11.2 Å². The number of aryl methyl sites for hydroxylation is 1. The number of carbonyl (C=O) groups excluding carboxylic acids is 2. The number of ether oxygens (including phenoxy) is 3. The molecule has 7 heteroatoms. The van der Waals surface area contributed by atoms with Crippen molar-refractivity contribution in [3.8, 4) is 17.2 Å². The van der Waals surface area contributed by atoms with Crippen molar-refractivity contribution in [1.29, 1.82) is 0 Å². The molecule has 0 saturated carbocycles. The summed E-state index contributed by atoms with van der Waals surface area (Å²) in [5.74, 6) is 1.67. The van der Waals surface area contributed by atoms with Crippen LogP contribution in [0.5, 0.6) is 17.2 Å². The highest BCUT2D eigenvalue weighted by Crippen LogP contribution is 2.38. The molecule has 33 heavy (non-hydrogen) atoms. The molecular formula is C26H34N2O5. The zero-order valence-corrected chi connectivity index (χ0v) is 20.0. The van der Waals surface area contributed by atoms with E-state index in [2.05, 4.69) is 36.5 Å². The first-order valence-electron chi connectivity index (χ1n) is 11.4. The Kier molecular flexibility index (Phi) is 8.58. The van der Waals surface area contributed by atoms with Crippen LogP contribution in [0.1, 0.15) is 40.7 Å². The van der Waals surface area contributed by atoms with E-state index in [1.54, 1.807) is 12.1 Å². The molecule has 2 aromatic rings. The van der Waals surface area contributed by atoms with Crippen LogP contribution < -0.4 is 19.5 Å². The summed E-state index contributed by atoms with van der Waals surface area (Å²) in [6, 6.07) is 11.7. The average molecular weight is 455 g/mol. The number of amides is 2. The van der Waals surface area contributed by atoms with E-state index < -0.39 is 0 Å². The number of likely N-dealkylation sites (tertiary alicyclic amines) is 1. The maximum atomic E-state index is 13.1. The minimum atomic E-state index is -0.0738. The highest BCUT2D eigenvalue weighted by atomic mass is 16.5. The van der Waals surface area contributed by atoms with Gasteiger partial charge in [0.1, 0.15) is 0 Å². The largest absolute Gasteiger partial charge is 0.493 e. The molecule has 1 saturated heterocycles. The van der Waals surface area contributed by atoms with Gasteiger partial charge < -0.3 is 24.4 Å². The summed E-state index contributed by atoms with van der Waals surface area (Å²) in [4.78, 5) is 27.2. The van der Waals surface area contributed by atoms with Crippen LogP contribution in [0.25, 0.3) is 0 Å². The summed E-state index contributed by atoms with van der Waals surface area (Å²) >= 11 is 0. The Morgan fingerprint density at radius 1 is 0.970 bits per heavy atom. The Bertz CT molecular complexity index is 925. The molecule has 2 amide bonds. The van der Waals surface area contributed by atoms with Crippen molar-refractivity contribution in [1.82, 2.24) is 10.2 Å². The van der Waals surface area contributed by atoms with Crippen LogP contribution in [0, 0.1) is 12.8 Å². The molecule has 0 radical (unpaired) electrons. The molecule has 0 spiro atoms. The van der Waals surface area contributed by atoms with Crippen LogP contribution in [-0.4, -0.2) is 57.7 Å². The van der Waals surface area contributed by atoms with Crippen LogP contribution >= 0.6 is 0 Å². The van der Waals surface area contributed by atoms with E-state index in [4.69, 9.17) is 14.2 Å². The van der Waals surface area contributed by atoms with Crippen molar-refractivity contribution in [3.63, 3.8) is 0 Å². The minimum absolute atomic E-state index is 0.0738. The Labute approximate surface area is 196 Å². The minimum Gasteiger partial charge on any atom is -0.493 e. The topological polar surface area (TPSA) is 77.1 Å². The summed E-state index contributed by atoms with van der Waals surface area (Å²) in [5.41, 5.74) is 2.95. The van der Waals surface area contributed by atoms with E-state index in [9.17, 15) is 9.59 Å². The average Bonchev–Trinajstić information content (AvgIpc) is 2.84. The zero-order chi connectivity index (χ0) is 23.8. The van der Waals surface area contributed by atoms with E-state index in [-0.39, 0.29) is 17.7 Å². The molecule has 7 nitrogen and oxygen atoms in total. The van der Waals surface area contributed by atoms with Crippen molar-refractivity contribution in [2.45, 2.75) is 32.6 Å². The highest BCUT2D eigenvalue weighted by molar-refractivity contribution is 5.95. The lowest BCUT2D eigenvalue weighted by atomic mass is 9.92. The van der Waals surface area contributed by atoms with Crippen molar-refractivity contribution in [3.05, 3.63) is 53.1 Å². The first-order valence-corrected chi connectivity index (χ1v) is 11.4. The van der Waals surface area contributed by atoms with Gasteiger partial charge in [0.2, 0.25) is 11.7 Å². The molecule has 1 fully saturated rings. The van der Waals surface area contributed by atoms with Crippen LogP contribution in [0.2, 0.25) is 0 Å². The third kappa shape index (κ3) is 6.40. The van der Waals surface area contributed by atoms with Gasteiger partial charge in [0.05, 0.1) is 21.3 Å². The van der Waals surface area contributed by atoms with E-state index in [1.165, 1.54) is 32.5 Å². The van der Waals surface area contributed by atoms with Crippen molar-refractivity contribution in [2.24, 2.45) is 5.92 Å². The second kappa shape index (κ2) is 11.6. The van der Waals surface area contributed by atoms with Crippen molar-refractivity contribution in [2.75, 3.05) is 41.0 Å². The van der Waals surface area contributed by atoms with Gasteiger partial charge in [-0.25, -0.2) is 0 Å². The number of carbonyl (C=O) groups is 2. The van der Waals surface area contributed by atoms with Gasteiger partial charge in [-0.15, -0.1) is 0 Å². The lowest BCUT2D eigenvalue weighted by Crippen LogP contribution is -2.39. The molecule has 0 aliphatic carbocycles. The monoisotopic (exact) mass is 454 g/mol. The van der Waals surface area contributed by atoms with Crippen molar-refractivity contribution >= 4 is 11.8 Å². The number of rotatable bonds is 9. The van der Waals surface area contributed by atoms with Crippen LogP contribution in [0.4, 0.5) is 0 Å². The van der Waals surface area contributed by atoms with Gasteiger partial charge in [-0.3, -0.25) is 9.59 Å². The van der Waals surface area contributed by atoms with Gasteiger partial charge in [0, 0.05) is 31.6 Å². The fraction of sp³-hybridized carbons (Fsp3) is 0.462. The third-order valence-corrected chi connectivity index (χ3v) is 6.14. The van der Waals surface area contributed by atoms with Gasteiger partial charge in [-0.05, 0) is 49.8 Å². The molecule has 3 rings (SSSR count). The predicted molar refractivity (Wildman–Crippen MR) is 127 cm³/mol. The molecule has 0 atom stereocenters. The maximum absolute atomic E-state index is 13.1. The summed E-state index contributed by atoms with van der Waals surface area (Å²) in [6.07, 6.45) is 2.94. The number of nitrogens with zero attached hydrogens (tertiary/aromatic N) is 1. The van der Waals surface area contributed by atoms with E-state index in [0.717, 1.165) is 19.3 Å². The summed E-state index contributed by atoms with van der Waals surface area (Å²) in [5, 5.41) is 3.03. The van der Waals surface area contributed by atoms with Crippen LogP contribution in [0.15, 0.2) is 36.4 Å². The second-order valence-corrected chi connectivity index (χ2v) is 8.44. The quantitative estimate of drug-likeness (QED) is 0.626. The van der Waals surface area contributed by atoms with Gasteiger partial charge in [-0.1, -0.05) is 29.8 Å². The number of hydrogen-bond acceptors (Lipinski definition) is 5. The Morgan fingerprint density at radius 2 is 1.58 bits per heavy atom. The molecule has 0 bridgehead atoms. The number of benzene rings is 2. The molecular weight excluding hydrogens is 420 g/mol. The first kappa shape index (κ1) is 24.4.